The fourth-order valence-corrected chi connectivity index (χ4v) is 5.98. The first-order valence-electron chi connectivity index (χ1n) is 14.2. The van der Waals surface area contributed by atoms with Crippen LogP contribution in [-0.4, -0.2) is 16.1 Å². The van der Waals surface area contributed by atoms with Gasteiger partial charge in [0.05, 0.1) is 12.5 Å². The molecule has 2 atom stereocenters. The molecular formula is C36H32N2O3. The fraction of sp³-hybridized carbons (Fsp3) is 0.194. The van der Waals surface area contributed by atoms with Crippen LogP contribution in [0.25, 0.3) is 16.8 Å². The summed E-state index contributed by atoms with van der Waals surface area (Å²) in [5.41, 5.74) is 5.16. The summed E-state index contributed by atoms with van der Waals surface area (Å²) in [6.07, 6.45) is 4.01. The molecule has 0 amide bonds. The number of benzene rings is 4. The summed E-state index contributed by atoms with van der Waals surface area (Å²) in [6.45, 7) is 4.95. The predicted octanol–water partition coefficient (Wildman–Crippen LogP) is 6.21. The average molecular weight is 541 g/mol. The molecule has 6 rings (SSSR count). The van der Waals surface area contributed by atoms with Crippen molar-refractivity contribution in [2.45, 2.75) is 45.2 Å². The predicted molar refractivity (Wildman–Crippen MR) is 158 cm³/mol. The number of rotatable bonds is 9. The van der Waals surface area contributed by atoms with Gasteiger partial charge in [0, 0.05) is 16.7 Å². The Kier molecular flexibility index (Phi) is 7.10. The third-order valence-corrected chi connectivity index (χ3v) is 8.08. The molecule has 5 nitrogen and oxygen atoms in total. The number of nitrogens with zero attached hydrogens (tertiary/aromatic N) is 2. The zero-order valence-corrected chi connectivity index (χ0v) is 23.3. The zero-order valence-electron chi connectivity index (χ0n) is 23.3. The van der Waals surface area contributed by atoms with Crippen LogP contribution < -0.4 is 9.67 Å². The highest BCUT2D eigenvalue weighted by Crippen LogP contribution is 2.45. The van der Waals surface area contributed by atoms with Gasteiger partial charge >= 0.3 is 0 Å². The number of fused-ring (bicyclic) bond motifs is 2. The number of hydrogen-bond donors (Lipinski definition) is 0. The van der Waals surface area contributed by atoms with E-state index < -0.39 is 12.0 Å². The highest BCUT2D eigenvalue weighted by Gasteiger charge is 2.43. The number of ketones is 2. The van der Waals surface area contributed by atoms with Crippen molar-refractivity contribution in [3.63, 3.8) is 0 Å². The molecule has 1 aliphatic rings. The molecule has 4 aromatic carbocycles. The van der Waals surface area contributed by atoms with E-state index in [4.69, 9.17) is 0 Å². The van der Waals surface area contributed by atoms with Gasteiger partial charge in [0.1, 0.15) is 0 Å². The van der Waals surface area contributed by atoms with Crippen molar-refractivity contribution < 1.29 is 19.3 Å². The van der Waals surface area contributed by atoms with Crippen LogP contribution in [0.2, 0.25) is 0 Å². The monoisotopic (exact) mass is 540 g/mol. The molecule has 0 bridgehead atoms. The van der Waals surface area contributed by atoms with Crippen LogP contribution in [0.5, 0.6) is 0 Å². The Morgan fingerprint density at radius 2 is 1.51 bits per heavy atom. The van der Waals surface area contributed by atoms with Gasteiger partial charge in [0.15, 0.2) is 22.9 Å². The molecule has 0 saturated heterocycles. The Bertz CT molecular complexity index is 1780. The number of hydrogen-bond acceptors (Lipinski definition) is 3. The molecule has 5 heteroatoms. The van der Waals surface area contributed by atoms with Gasteiger partial charge in [-0.15, -0.1) is 0 Å². The van der Waals surface area contributed by atoms with Gasteiger partial charge in [-0.1, -0.05) is 116 Å². The fourth-order valence-electron chi connectivity index (χ4n) is 5.98. The summed E-state index contributed by atoms with van der Waals surface area (Å²) in [7, 11) is 0. The lowest BCUT2D eigenvalue weighted by Crippen LogP contribution is -2.34. The molecule has 0 spiro atoms. The first-order chi connectivity index (χ1) is 20.0. The second-order valence-corrected chi connectivity index (χ2v) is 10.7. The maximum absolute atomic E-state index is 14.7. The molecule has 0 N–H and O–H groups in total. The number of aromatic nitrogens is 2. The Labute approximate surface area is 240 Å². The Hall–Kier alpha value is -4.77. The zero-order chi connectivity index (χ0) is 28.5. The summed E-state index contributed by atoms with van der Waals surface area (Å²) in [4.78, 5) is 28.7. The lowest BCUT2D eigenvalue weighted by atomic mass is 9.79. The van der Waals surface area contributed by atoms with E-state index >= 15 is 0 Å². The molecule has 0 fully saturated rings. The highest BCUT2D eigenvalue weighted by molar-refractivity contribution is 6.20. The Morgan fingerprint density at radius 3 is 2.22 bits per heavy atom. The van der Waals surface area contributed by atoms with Crippen molar-refractivity contribution in [3.8, 4) is 0 Å². The molecule has 0 aliphatic heterocycles. The lowest BCUT2D eigenvalue weighted by molar-refractivity contribution is -0.672. The smallest absolute Gasteiger partial charge is 0.245 e. The maximum Gasteiger partial charge on any atom is 0.245 e. The summed E-state index contributed by atoms with van der Waals surface area (Å²) in [5.74, 6) is -1.57. The van der Waals surface area contributed by atoms with Gasteiger partial charge in [-0.2, -0.15) is 0 Å². The minimum atomic E-state index is -0.870. The minimum Gasteiger partial charge on any atom is -0.872 e. The van der Waals surface area contributed by atoms with Crippen molar-refractivity contribution in [2.24, 2.45) is 0 Å². The van der Waals surface area contributed by atoms with E-state index in [2.05, 4.69) is 17.6 Å². The number of allylic oxidation sites excluding steroid dienone is 1. The van der Waals surface area contributed by atoms with Crippen LogP contribution in [0, 0.1) is 6.92 Å². The van der Waals surface area contributed by atoms with Crippen LogP contribution >= 0.6 is 0 Å². The van der Waals surface area contributed by atoms with Crippen LogP contribution in [-0.2, 0) is 6.54 Å². The van der Waals surface area contributed by atoms with E-state index in [9.17, 15) is 14.7 Å². The number of unbranched alkanes of at least 4 members (excludes halogenated alkanes) is 1. The van der Waals surface area contributed by atoms with Crippen LogP contribution in [0.4, 0.5) is 0 Å². The van der Waals surface area contributed by atoms with Crippen molar-refractivity contribution in [1.82, 2.24) is 4.57 Å². The molecule has 41 heavy (non-hydrogen) atoms. The molecule has 1 aromatic heterocycles. The number of carbonyl (C=O) groups is 2. The first-order valence-corrected chi connectivity index (χ1v) is 14.2. The minimum absolute atomic E-state index is 0.141. The molecule has 204 valence electrons. The molecule has 5 aromatic rings. The van der Waals surface area contributed by atoms with Crippen molar-refractivity contribution >= 4 is 28.4 Å². The van der Waals surface area contributed by atoms with Gasteiger partial charge in [0.2, 0.25) is 12.1 Å². The number of Topliss-reactive ketones (excluding diaryl/α,β-unsaturated/α-hetero) is 2. The van der Waals surface area contributed by atoms with E-state index in [1.165, 1.54) is 0 Å². The van der Waals surface area contributed by atoms with Gasteiger partial charge in [-0.25, -0.2) is 9.13 Å². The third kappa shape index (κ3) is 4.67. The summed E-state index contributed by atoms with van der Waals surface area (Å²) >= 11 is 0. The van der Waals surface area contributed by atoms with E-state index in [-0.39, 0.29) is 22.9 Å². The van der Waals surface area contributed by atoms with E-state index in [1.807, 2.05) is 78.5 Å². The molecule has 0 unspecified atom stereocenters. The molecule has 0 saturated carbocycles. The van der Waals surface area contributed by atoms with Crippen molar-refractivity contribution in [2.75, 3.05) is 0 Å². The van der Waals surface area contributed by atoms with E-state index in [0.29, 0.717) is 16.7 Å². The van der Waals surface area contributed by atoms with E-state index in [0.717, 1.165) is 41.5 Å². The second-order valence-electron chi connectivity index (χ2n) is 10.7. The molecule has 1 heterocycles. The highest BCUT2D eigenvalue weighted by atomic mass is 16.3. The Morgan fingerprint density at radius 1 is 0.854 bits per heavy atom. The van der Waals surface area contributed by atoms with Gasteiger partial charge in [0.25, 0.3) is 0 Å². The normalized spacial score (nSPS) is 14.3. The van der Waals surface area contributed by atoms with Gasteiger partial charge < -0.3 is 5.11 Å². The number of para-hydroxylation sites is 2. The molecular weight excluding hydrogens is 508 g/mol. The lowest BCUT2D eigenvalue weighted by Gasteiger charge is -2.28. The van der Waals surface area contributed by atoms with Gasteiger partial charge in [-0.3, -0.25) is 9.59 Å². The van der Waals surface area contributed by atoms with Gasteiger partial charge in [-0.05, 0) is 36.6 Å². The van der Waals surface area contributed by atoms with Crippen LogP contribution in [0.15, 0.2) is 115 Å². The number of imidazole rings is 1. The standard InChI is InChI=1S/C36H32N2O3/c1-3-4-22-37-23-38(30-17-11-10-16-29(30)37)33(34(39)26-12-6-5-7-13-26)31(25-20-18-24(2)19-21-25)32-35(40)27-14-8-9-15-28(27)36(32)41/h5-21,23,31,33H,3-4,22H2,1-2H3/t31-,33+/m1/s1. The van der Waals surface area contributed by atoms with Crippen LogP contribution in [0.3, 0.4) is 0 Å². The molecule has 1 aliphatic carbocycles. The first kappa shape index (κ1) is 26.5. The third-order valence-electron chi connectivity index (χ3n) is 8.08. The maximum atomic E-state index is 14.7. The summed E-state index contributed by atoms with van der Waals surface area (Å²) in [5, 5.41) is 14.0. The van der Waals surface area contributed by atoms with Crippen LogP contribution in [0.1, 0.15) is 69.1 Å². The van der Waals surface area contributed by atoms with Crippen molar-refractivity contribution in [3.05, 3.63) is 143 Å². The topological polar surface area (TPSA) is 66.0 Å². The number of aryl methyl sites for hydroxylation is 2. The largest absolute Gasteiger partial charge is 0.872 e. The Balaban J connectivity index is 1.65. The average Bonchev–Trinajstić information content (AvgIpc) is 3.49. The quantitative estimate of drug-likeness (QED) is 0.165. The van der Waals surface area contributed by atoms with Crippen molar-refractivity contribution in [1.29, 1.82) is 0 Å². The SMILES string of the molecule is CCCC[n+]1cn([C@H](C(=O)c2ccccc2)[C@@H](C2=C([O-])c3ccccc3C2=O)c2ccc(C)cc2)c2ccccc21. The van der Waals surface area contributed by atoms with E-state index in [1.54, 1.807) is 36.4 Å². The number of carbonyl (C=O) groups excluding carboxylic acids is 2. The summed E-state index contributed by atoms with van der Waals surface area (Å²) in [6, 6.07) is 31.1. The molecule has 0 radical (unpaired) electrons. The summed E-state index contributed by atoms with van der Waals surface area (Å²) < 4.78 is 4.16. The second kappa shape index (κ2) is 11.0.